The highest BCUT2D eigenvalue weighted by atomic mass is 35.5. The first kappa shape index (κ1) is 13.9. The Bertz CT molecular complexity index is 443. The summed E-state index contributed by atoms with van der Waals surface area (Å²) in [7, 11) is 0. The van der Waals surface area contributed by atoms with Gasteiger partial charge in [0, 0.05) is 23.6 Å². The molecular weight excluding hydrogens is 278 g/mol. The Morgan fingerprint density at radius 2 is 2.21 bits per heavy atom. The third kappa shape index (κ3) is 3.15. The largest absolute Gasteiger partial charge is 0.396 e. The molecule has 3 atom stereocenters. The second-order valence-corrected chi connectivity index (χ2v) is 7.81. The molecule has 0 bridgehead atoms. The summed E-state index contributed by atoms with van der Waals surface area (Å²) < 4.78 is 0.868. The number of halogens is 1. The van der Waals surface area contributed by atoms with Crippen LogP contribution in [0.2, 0.25) is 4.34 Å². The molecule has 2 N–H and O–H groups in total. The van der Waals surface area contributed by atoms with E-state index in [0.29, 0.717) is 18.0 Å². The molecular formula is C15H22ClNOS. The maximum atomic E-state index is 9.20. The normalized spacial score (nSPS) is 31.6. The number of aliphatic hydroxyl groups excluding tert-OH is 1. The summed E-state index contributed by atoms with van der Waals surface area (Å²) in [4.78, 5) is 1.43. The monoisotopic (exact) mass is 299 g/mol. The Morgan fingerprint density at radius 3 is 2.89 bits per heavy atom. The van der Waals surface area contributed by atoms with E-state index in [1.807, 2.05) is 0 Å². The molecule has 3 rings (SSSR count). The van der Waals surface area contributed by atoms with Crippen LogP contribution >= 0.6 is 22.9 Å². The Hall–Kier alpha value is -0.0900. The molecule has 1 aliphatic heterocycles. The molecule has 1 aromatic heterocycles. The second-order valence-electron chi connectivity index (χ2n) is 6.09. The van der Waals surface area contributed by atoms with E-state index in [-0.39, 0.29) is 6.61 Å². The number of thiophene rings is 1. The first-order valence-corrected chi connectivity index (χ1v) is 8.52. The van der Waals surface area contributed by atoms with E-state index in [1.165, 1.54) is 36.1 Å². The minimum absolute atomic E-state index is 0.215. The molecule has 0 amide bonds. The number of rotatable bonds is 4. The lowest BCUT2D eigenvalue weighted by Crippen LogP contribution is -2.44. The third-order valence-electron chi connectivity index (χ3n) is 4.43. The van der Waals surface area contributed by atoms with E-state index < -0.39 is 0 Å². The highest BCUT2D eigenvalue weighted by Crippen LogP contribution is 2.44. The average molecular weight is 300 g/mol. The molecule has 1 aromatic rings. The van der Waals surface area contributed by atoms with E-state index >= 15 is 0 Å². The molecule has 106 valence electrons. The van der Waals surface area contributed by atoms with Crippen molar-refractivity contribution in [2.24, 2.45) is 5.92 Å². The number of aliphatic hydroxyl groups is 1. The van der Waals surface area contributed by atoms with Crippen LogP contribution in [0.25, 0.3) is 0 Å². The minimum Gasteiger partial charge on any atom is -0.396 e. The van der Waals surface area contributed by atoms with Gasteiger partial charge in [-0.25, -0.2) is 0 Å². The van der Waals surface area contributed by atoms with Crippen LogP contribution in [0.4, 0.5) is 0 Å². The van der Waals surface area contributed by atoms with Gasteiger partial charge in [0.1, 0.15) is 0 Å². The van der Waals surface area contributed by atoms with Crippen molar-refractivity contribution in [3.8, 4) is 0 Å². The lowest BCUT2D eigenvalue weighted by Gasteiger charge is -2.35. The molecule has 1 saturated heterocycles. The highest BCUT2D eigenvalue weighted by Gasteiger charge is 2.37. The van der Waals surface area contributed by atoms with Gasteiger partial charge in [0.05, 0.1) is 4.34 Å². The van der Waals surface area contributed by atoms with E-state index in [0.717, 1.165) is 16.7 Å². The Morgan fingerprint density at radius 1 is 1.42 bits per heavy atom. The van der Waals surface area contributed by atoms with Gasteiger partial charge in [-0.2, -0.15) is 0 Å². The summed E-state index contributed by atoms with van der Waals surface area (Å²) in [6, 6.07) is 3.33. The standard InChI is InChI=1S/C15H22ClNOS/c1-9-6-12(7-13(17-9)10-2-3-10)15-11(4-5-18)8-14(16)19-15/h8-10,12-13,17-18H,2-7H2,1H3. The van der Waals surface area contributed by atoms with E-state index in [4.69, 9.17) is 11.6 Å². The third-order valence-corrected chi connectivity index (χ3v) is 5.90. The van der Waals surface area contributed by atoms with Crippen molar-refractivity contribution in [2.45, 2.75) is 57.0 Å². The van der Waals surface area contributed by atoms with Crippen molar-refractivity contribution < 1.29 is 5.11 Å². The van der Waals surface area contributed by atoms with Gasteiger partial charge in [0.2, 0.25) is 0 Å². The first-order valence-electron chi connectivity index (χ1n) is 7.32. The maximum absolute atomic E-state index is 9.20. The number of hydrogen-bond acceptors (Lipinski definition) is 3. The summed E-state index contributed by atoms with van der Waals surface area (Å²) in [5.41, 5.74) is 1.27. The minimum atomic E-state index is 0.215. The van der Waals surface area contributed by atoms with Crippen LogP contribution in [0.1, 0.15) is 49.0 Å². The number of piperidine rings is 1. The molecule has 0 aromatic carbocycles. The predicted octanol–water partition coefficient (Wildman–Crippen LogP) is 3.57. The zero-order valence-corrected chi connectivity index (χ0v) is 12.9. The molecule has 2 heterocycles. The van der Waals surface area contributed by atoms with Crippen LogP contribution in [0.3, 0.4) is 0 Å². The van der Waals surface area contributed by atoms with Crippen LogP contribution in [-0.4, -0.2) is 23.8 Å². The van der Waals surface area contributed by atoms with Crippen molar-refractivity contribution in [3.05, 3.63) is 20.8 Å². The molecule has 4 heteroatoms. The maximum Gasteiger partial charge on any atom is 0.0934 e. The first-order chi connectivity index (χ1) is 9.17. The average Bonchev–Trinajstić information content (AvgIpc) is 3.14. The summed E-state index contributed by atoms with van der Waals surface area (Å²) in [5, 5.41) is 13.0. The number of hydrogen-bond donors (Lipinski definition) is 2. The van der Waals surface area contributed by atoms with E-state index in [9.17, 15) is 5.11 Å². The molecule has 1 aliphatic carbocycles. The van der Waals surface area contributed by atoms with Gasteiger partial charge in [-0.15, -0.1) is 11.3 Å². The van der Waals surface area contributed by atoms with Crippen molar-refractivity contribution in [2.75, 3.05) is 6.61 Å². The van der Waals surface area contributed by atoms with Gasteiger partial charge in [-0.05, 0) is 62.5 Å². The molecule has 0 radical (unpaired) electrons. The van der Waals surface area contributed by atoms with Gasteiger partial charge < -0.3 is 10.4 Å². The lowest BCUT2D eigenvalue weighted by atomic mass is 9.84. The Balaban J connectivity index is 1.79. The van der Waals surface area contributed by atoms with Gasteiger partial charge in [0.25, 0.3) is 0 Å². The molecule has 2 nitrogen and oxygen atoms in total. The van der Waals surface area contributed by atoms with E-state index in [1.54, 1.807) is 11.3 Å². The van der Waals surface area contributed by atoms with E-state index in [2.05, 4.69) is 18.3 Å². The fraction of sp³-hybridized carbons (Fsp3) is 0.733. The van der Waals surface area contributed by atoms with Crippen molar-refractivity contribution in [1.29, 1.82) is 0 Å². The topological polar surface area (TPSA) is 32.3 Å². The smallest absolute Gasteiger partial charge is 0.0934 e. The summed E-state index contributed by atoms with van der Waals surface area (Å²) in [6.45, 7) is 2.51. The van der Waals surface area contributed by atoms with Gasteiger partial charge in [-0.1, -0.05) is 11.6 Å². The van der Waals surface area contributed by atoms with Crippen molar-refractivity contribution in [3.63, 3.8) is 0 Å². The quantitative estimate of drug-likeness (QED) is 0.891. The predicted molar refractivity (Wildman–Crippen MR) is 81.2 cm³/mol. The molecule has 0 spiro atoms. The fourth-order valence-electron chi connectivity index (χ4n) is 3.44. The lowest BCUT2D eigenvalue weighted by molar-refractivity contribution is 0.279. The van der Waals surface area contributed by atoms with Crippen molar-refractivity contribution >= 4 is 22.9 Å². The summed E-state index contributed by atoms with van der Waals surface area (Å²) in [6.07, 6.45) is 5.96. The SMILES string of the molecule is CC1CC(c2sc(Cl)cc2CCO)CC(C2CC2)N1. The summed E-state index contributed by atoms with van der Waals surface area (Å²) in [5.74, 6) is 1.53. The van der Waals surface area contributed by atoms with Crippen LogP contribution in [0, 0.1) is 5.92 Å². The Labute approximate surface area is 124 Å². The fourth-order valence-corrected chi connectivity index (χ4v) is 4.89. The van der Waals surface area contributed by atoms with Gasteiger partial charge in [-0.3, -0.25) is 0 Å². The van der Waals surface area contributed by atoms with Crippen LogP contribution < -0.4 is 5.32 Å². The van der Waals surface area contributed by atoms with Gasteiger partial charge >= 0.3 is 0 Å². The van der Waals surface area contributed by atoms with Crippen LogP contribution in [-0.2, 0) is 6.42 Å². The molecule has 2 aliphatic rings. The molecule has 3 unspecified atom stereocenters. The highest BCUT2D eigenvalue weighted by molar-refractivity contribution is 7.16. The van der Waals surface area contributed by atoms with Crippen LogP contribution in [0.15, 0.2) is 6.07 Å². The molecule has 1 saturated carbocycles. The molecule has 2 fully saturated rings. The zero-order chi connectivity index (χ0) is 13.4. The van der Waals surface area contributed by atoms with Crippen molar-refractivity contribution in [1.82, 2.24) is 5.32 Å². The zero-order valence-electron chi connectivity index (χ0n) is 11.4. The second kappa shape index (κ2) is 5.72. The number of nitrogens with one attached hydrogen (secondary N) is 1. The summed E-state index contributed by atoms with van der Waals surface area (Å²) >= 11 is 7.91. The van der Waals surface area contributed by atoms with Crippen LogP contribution in [0.5, 0.6) is 0 Å². The van der Waals surface area contributed by atoms with Gasteiger partial charge in [0.15, 0.2) is 0 Å². The Kier molecular flexibility index (Phi) is 4.18. The molecule has 19 heavy (non-hydrogen) atoms.